The molecule has 18 heavy (non-hydrogen) atoms. The molecule has 0 aliphatic rings. The van der Waals surface area contributed by atoms with Crippen LogP contribution < -0.4 is 10.5 Å². The number of benzene rings is 1. The van der Waals surface area contributed by atoms with Crippen molar-refractivity contribution in [2.45, 2.75) is 38.5 Å². The van der Waals surface area contributed by atoms with E-state index < -0.39 is 5.41 Å². The minimum absolute atomic E-state index is 0.00762. The fourth-order valence-electron chi connectivity index (χ4n) is 1.94. The van der Waals surface area contributed by atoms with Crippen LogP contribution in [0.1, 0.15) is 38.8 Å². The van der Waals surface area contributed by atoms with Gasteiger partial charge < -0.3 is 15.6 Å². The molecule has 3 heteroatoms. The van der Waals surface area contributed by atoms with E-state index in [2.05, 4.69) is 26.8 Å². The zero-order valence-corrected chi connectivity index (χ0v) is 12.1. The highest BCUT2D eigenvalue weighted by molar-refractivity contribution is 5.44. The smallest absolute Gasteiger partial charge is 0.122 e. The van der Waals surface area contributed by atoms with Crippen LogP contribution in [0.4, 0.5) is 0 Å². The summed E-state index contributed by atoms with van der Waals surface area (Å²) in [6.45, 7) is 8.87. The second-order valence-electron chi connectivity index (χ2n) is 6.09. The summed E-state index contributed by atoms with van der Waals surface area (Å²) in [5.74, 6) is 0.878. The number of aliphatic hydroxyl groups excluding tert-OH is 1. The summed E-state index contributed by atoms with van der Waals surface area (Å²) in [5, 5.41) is 9.55. The van der Waals surface area contributed by atoms with Gasteiger partial charge in [0.25, 0.3) is 0 Å². The molecule has 1 unspecified atom stereocenters. The third kappa shape index (κ3) is 2.85. The highest BCUT2D eigenvalue weighted by Crippen LogP contribution is 2.35. The maximum atomic E-state index is 9.55. The van der Waals surface area contributed by atoms with Crippen LogP contribution in [-0.4, -0.2) is 25.4 Å². The van der Waals surface area contributed by atoms with Gasteiger partial charge in [-0.25, -0.2) is 0 Å². The Bertz CT molecular complexity index is 403. The number of rotatable bonds is 4. The Kier molecular flexibility index (Phi) is 4.41. The Hall–Kier alpha value is -1.06. The van der Waals surface area contributed by atoms with Crippen molar-refractivity contribution in [3.8, 4) is 5.75 Å². The van der Waals surface area contributed by atoms with Crippen LogP contribution in [0.2, 0.25) is 0 Å². The average molecular weight is 251 g/mol. The van der Waals surface area contributed by atoms with E-state index in [-0.39, 0.29) is 12.0 Å². The van der Waals surface area contributed by atoms with Gasteiger partial charge in [0.05, 0.1) is 13.7 Å². The van der Waals surface area contributed by atoms with Crippen LogP contribution in [0.25, 0.3) is 0 Å². The topological polar surface area (TPSA) is 55.5 Å². The van der Waals surface area contributed by atoms with Gasteiger partial charge in [-0.15, -0.1) is 0 Å². The van der Waals surface area contributed by atoms with Gasteiger partial charge >= 0.3 is 0 Å². The van der Waals surface area contributed by atoms with Gasteiger partial charge in [0.15, 0.2) is 0 Å². The molecule has 1 aromatic carbocycles. The molecule has 102 valence electrons. The molecule has 0 amide bonds. The Morgan fingerprint density at radius 3 is 2.22 bits per heavy atom. The maximum Gasteiger partial charge on any atom is 0.122 e. The first-order valence-corrected chi connectivity index (χ1v) is 6.28. The molecule has 0 aromatic heterocycles. The first-order chi connectivity index (χ1) is 8.28. The Labute approximate surface area is 110 Å². The third-order valence-electron chi connectivity index (χ3n) is 3.50. The molecule has 0 bridgehead atoms. The zero-order valence-electron chi connectivity index (χ0n) is 12.1. The van der Waals surface area contributed by atoms with Crippen LogP contribution in [-0.2, 0) is 10.8 Å². The Morgan fingerprint density at radius 2 is 1.83 bits per heavy atom. The number of nitrogens with two attached hydrogens (primary N) is 1. The van der Waals surface area contributed by atoms with E-state index in [4.69, 9.17) is 10.5 Å². The van der Waals surface area contributed by atoms with Crippen molar-refractivity contribution in [2.24, 2.45) is 5.73 Å². The molecule has 0 saturated carbocycles. The molecule has 0 aliphatic heterocycles. The van der Waals surface area contributed by atoms with Crippen LogP contribution in [0.15, 0.2) is 18.2 Å². The van der Waals surface area contributed by atoms with Gasteiger partial charge in [-0.05, 0) is 22.6 Å². The summed E-state index contributed by atoms with van der Waals surface area (Å²) >= 11 is 0. The quantitative estimate of drug-likeness (QED) is 0.862. The van der Waals surface area contributed by atoms with Gasteiger partial charge in [0, 0.05) is 12.0 Å². The number of methoxy groups -OCH3 is 1. The van der Waals surface area contributed by atoms with E-state index in [1.54, 1.807) is 7.11 Å². The molecular formula is C15H25NO2. The van der Waals surface area contributed by atoms with E-state index in [0.29, 0.717) is 6.54 Å². The molecule has 1 aromatic rings. The minimum atomic E-state index is -0.397. The van der Waals surface area contributed by atoms with Crippen molar-refractivity contribution in [2.75, 3.05) is 20.3 Å². The minimum Gasteiger partial charge on any atom is -0.496 e. The largest absolute Gasteiger partial charge is 0.496 e. The van der Waals surface area contributed by atoms with Crippen molar-refractivity contribution in [1.29, 1.82) is 0 Å². The Balaban J connectivity index is 3.35. The first kappa shape index (κ1) is 15.0. The summed E-state index contributed by atoms with van der Waals surface area (Å²) in [6, 6.07) is 6.04. The molecule has 1 atom stereocenters. The van der Waals surface area contributed by atoms with Crippen molar-refractivity contribution in [1.82, 2.24) is 0 Å². The predicted molar refractivity (Wildman–Crippen MR) is 75.2 cm³/mol. The highest BCUT2D eigenvalue weighted by atomic mass is 16.5. The lowest BCUT2D eigenvalue weighted by Gasteiger charge is -2.29. The van der Waals surface area contributed by atoms with E-state index in [1.165, 1.54) is 0 Å². The van der Waals surface area contributed by atoms with Crippen molar-refractivity contribution >= 4 is 0 Å². The predicted octanol–water partition coefficient (Wildman–Crippen LogP) is 2.20. The summed E-state index contributed by atoms with van der Waals surface area (Å²) in [6.07, 6.45) is 0. The standard InChI is InChI=1S/C15H25NO2/c1-14(2,3)12-8-11(6-7-13(12)18-5)15(4,9-16)10-17/h6-8,17H,9-10,16H2,1-5H3. The van der Waals surface area contributed by atoms with Crippen LogP contribution in [0.5, 0.6) is 5.75 Å². The second kappa shape index (κ2) is 5.29. The lowest BCUT2D eigenvalue weighted by Crippen LogP contribution is -2.35. The van der Waals surface area contributed by atoms with Gasteiger partial charge in [-0.3, -0.25) is 0 Å². The monoisotopic (exact) mass is 251 g/mol. The van der Waals surface area contributed by atoms with Crippen molar-refractivity contribution in [3.05, 3.63) is 29.3 Å². The van der Waals surface area contributed by atoms with Crippen LogP contribution in [0.3, 0.4) is 0 Å². The number of aliphatic hydroxyl groups is 1. The van der Waals surface area contributed by atoms with E-state index >= 15 is 0 Å². The van der Waals surface area contributed by atoms with E-state index in [9.17, 15) is 5.11 Å². The molecule has 1 rings (SSSR count). The number of hydrogen-bond acceptors (Lipinski definition) is 3. The summed E-state index contributed by atoms with van der Waals surface area (Å²) in [7, 11) is 1.68. The summed E-state index contributed by atoms with van der Waals surface area (Å²) in [5.41, 5.74) is 7.57. The molecule has 0 radical (unpaired) electrons. The number of hydrogen-bond donors (Lipinski definition) is 2. The molecule has 0 fully saturated rings. The Morgan fingerprint density at radius 1 is 1.22 bits per heavy atom. The molecule has 0 heterocycles. The number of ether oxygens (including phenoxy) is 1. The molecule has 3 nitrogen and oxygen atoms in total. The van der Waals surface area contributed by atoms with E-state index in [1.807, 2.05) is 19.1 Å². The molecule has 3 N–H and O–H groups in total. The fourth-order valence-corrected chi connectivity index (χ4v) is 1.94. The van der Waals surface area contributed by atoms with Crippen molar-refractivity contribution in [3.63, 3.8) is 0 Å². The third-order valence-corrected chi connectivity index (χ3v) is 3.50. The summed E-state index contributed by atoms with van der Waals surface area (Å²) < 4.78 is 5.41. The van der Waals surface area contributed by atoms with Gasteiger partial charge in [0.2, 0.25) is 0 Å². The van der Waals surface area contributed by atoms with Crippen LogP contribution >= 0.6 is 0 Å². The average Bonchev–Trinajstić information content (AvgIpc) is 2.36. The van der Waals surface area contributed by atoms with Gasteiger partial charge in [-0.2, -0.15) is 0 Å². The van der Waals surface area contributed by atoms with Crippen LogP contribution in [0, 0.1) is 0 Å². The molecular weight excluding hydrogens is 226 g/mol. The molecule has 0 saturated heterocycles. The lowest BCUT2D eigenvalue weighted by atomic mass is 9.78. The fraction of sp³-hybridized carbons (Fsp3) is 0.600. The zero-order chi connectivity index (χ0) is 14.0. The normalized spacial score (nSPS) is 15.3. The lowest BCUT2D eigenvalue weighted by molar-refractivity contribution is 0.210. The first-order valence-electron chi connectivity index (χ1n) is 6.28. The maximum absolute atomic E-state index is 9.55. The van der Waals surface area contributed by atoms with Crippen molar-refractivity contribution < 1.29 is 9.84 Å². The molecule has 0 aliphatic carbocycles. The van der Waals surface area contributed by atoms with E-state index in [0.717, 1.165) is 16.9 Å². The van der Waals surface area contributed by atoms with Gasteiger partial charge in [0.1, 0.15) is 5.75 Å². The highest BCUT2D eigenvalue weighted by Gasteiger charge is 2.27. The van der Waals surface area contributed by atoms with Gasteiger partial charge in [-0.1, -0.05) is 39.8 Å². The summed E-state index contributed by atoms with van der Waals surface area (Å²) in [4.78, 5) is 0. The molecule has 0 spiro atoms. The second-order valence-corrected chi connectivity index (χ2v) is 6.09. The SMILES string of the molecule is COc1ccc(C(C)(CN)CO)cc1C(C)(C)C.